The molecule has 7 aromatic rings. The van der Waals surface area contributed by atoms with Crippen LogP contribution in [0.3, 0.4) is 0 Å². The Bertz CT molecular complexity index is 2440. The minimum Gasteiger partial charge on any atom is -0.0732 e. The summed E-state index contributed by atoms with van der Waals surface area (Å²) in [7, 11) is 0. The maximum atomic E-state index is 2.47. The zero-order chi connectivity index (χ0) is 30.5. The van der Waals surface area contributed by atoms with Crippen LogP contribution >= 0.6 is 0 Å². The maximum absolute atomic E-state index is 2.47. The molecule has 1 unspecified atom stereocenters. The predicted molar refractivity (Wildman–Crippen MR) is 196 cm³/mol. The first kappa shape index (κ1) is 26.5. The topological polar surface area (TPSA) is 0 Å². The average molecular weight is 577 g/mol. The van der Waals surface area contributed by atoms with Crippen molar-refractivity contribution < 1.29 is 0 Å². The lowest BCUT2D eigenvalue weighted by molar-refractivity contribution is 0.441. The molecule has 9 rings (SSSR count). The van der Waals surface area contributed by atoms with Gasteiger partial charge in [0.2, 0.25) is 0 Å². The van der Waals surface area contributed by atoms with Crippen LogP contribution in [0.4, 0.5) is 0 Å². The lowest BCUT2D eigenvalue weighted by Gasteiger charge is -2.41. The van der Waals surface area contributed by atoms with Gasteiger partial charge in [0.1, 0.15) is 0 Å². The molecule has 0 saturated carbocycles. The number of allylic oxidation sites excluding steroid dienone is 2. The summed E-state index contributed by atoms with van der Waals surface area (Å²) >= 11 is 0. The van der Waals surface area contributed by atoms with Gasteiger partial charge in [0.05, 0.1) is 0 Å². The van der Waals surface area contributed by atoms with Crippen LogP contribution in [0.5, 0.6) is 0 Å². The van der Waals surface area contributed by atoms with E-state index < -0.39 is 0 Å². The molecule has 1 atom stereocenters. The highest BCUT2D eigenvalue weighted by atomic mass is 14.4. The third-order valence-corrected chi connectivity index (χ3v) is 10.5. The van der Waals surface area contributed by atoms with Crippen molar-refractivity contribution in [2.24, 2.45) is 5.41 Å². The molecular formula is C45H36. The Morgan fingerprint density at radius 3 is 1.98 bits per heavy atom. The molecule has 0 spiro atoms. The van der Waals surface area contributed by atoms with Gasteiger partial charge in [-0.05, 0) is 112 Å². The van der Waals surface area contributed by atoms with E-state index in [-0.39, 0.29) is 10.8 Å². The van der Waals surface area contributed by atoms with Crippen LogP contribution < -0.4 is 0 Å². The van der Waals surface area contributed by atoms with Crippen molar-refractivity contribution in [2.75, 3.05) is 0 Å². The lowest BCUT2D eigenvalue weighted by Crippen LogP contribution is -2.29. The zero-order valence-corrected chi connectivity index (χ0v) is 26.4. The van der Waals surface area contributed by atoms with Crippen molar-refractivity contribution in [1.29, 1.82) is 0 Å². The van der Waals surface area contributed by atoms with Gasteiger partial charge < -0.3 is 0 Å². The second kappa shape index (κ2) is 9.29. The second-order valence-electron chi connectivity index (χ2n) is 14.5. The zero-order valence-electron chi connectivity index (χ0n) is 26.4. The number of rotatable bonds is 2. The van der Waals surface area contributed by atoms with Crippen molar-refractivity contribution in [3.63, 3.8) is 0 Å². The molecule has 2 aliphatic carbocycles. The van der Waals surface area contributed by atoms with E-state index in [2.05, 4.69) is 161 Å². The molecule has 0 saturated heterocycles. The van der Waals surface area contributed by atoms with Crippen LogP contribution in [-0.4, -0.2) is 0 Å². The smallest absolute Gasteiger partial charge is 0.0157 e. The molecule has 7 aromatic carbocycles. The van der Waals surface area contributed by atoms with Gasteiger partial charge in [0, 0.05) is 5.41 Å². The average Bonchev–Trinajstić information content (AvgIpc) is 3.05. The van der Waals surface area contributed by atoms with E-state index in [1.807, 2.05) is 0 Å². The standard InChI is InChI=1S/C45H36/c1-44(2,3)35-25-34-18-20-40-37(19-17-28-21-22-45(4,27-35)43(34)42(28)40)32-15-13-30-24-33(16-14-29(30)23-32)41-26-31-9-5-6-10-36(31)38-11-7-8-12-39(38)41/h5-26H,27H2,1-4H3. The van der Waals surface area contributed by atoms with E-state index in [0.717, 1.165) is 6.42 Å². The first-order chi connectivity index (χ1) is 21.8. The van der Waals surface area contributed by atoms with Crippen LogP contribution in [0.25, 0.3) is 77.5 Å². The Morgan fingerprint density at radius 1 is 0.556 bits per heavy atom. The minimum atomic E-state index is 0.0184. The van der Waals surface area contributed by atoms with Gasteiger partial charge in [-0.15, -0.1) is 0 Å². The second-order valence-corrected chi connectivity index (χ2v) is 14.5. The summed E-state index contributed by atoms with van der Waals surface area (Å²) in [5.74, 6) is 0. The van der Waals surface area contributed by atoms with Crippen LogP contribution in [0.2, 0.25) is 0 Å². The molecular weight excluding hydrogens is 540 g/mol. The largest absolute Gasteiger partial charge is 0.0732 e. The monoisotopic (exact) mass is 576 g/mol. The third kappa shape index (κ3) is 3.98. The van der Waals surface area contributed by atoms with Gasteiger partial charge in [-0.25, -0.2) is 0 Å². The van der Waals surface area contributed by atoms with Gasteiger partial charge >= 0.3 is 0 Å². The van der Waals surface area contributed by atoms with Gasteiger partial charge in [-0.2, -0.15) is 0 Å². The lowest BCUT2D eigenvalue weighted by atomic mass is 9.63. The van der Waals surface area contributed by atoms with Crippen LogP contribution in [-0.2, 0) is 5.41 Å². The molecule has 0 heterocycles. The number of hydrogen-bond donors (Lipinski definition) is 0. The first-order valence-electron chi connectivity index (χ1n) is 16.2. The van der Waals surface area contributed by atoms with Gasteiger partial charge in [0.25, 0.3) is 0 Å². The Balaban J connectivity index is 1.18. The van der Waals surface area contributed by atoms with Gasteiger partial charge in [0.15, 0.2) is 0 Å². The summed E-state index contributed by atoms with van der Waals surface area (Å²) in [5, 5.41) is 10.5. The molecule has 0 radical (unpaired) electrons. The molecule has 0 aliphatic heterocycles. The molecule has 2 aliphatic rings. The quantitative estimate of drug-likeness (QED) is 0.180. The Hall–Kier alpha value is -4.94. The van der Waals surface area contributed by atoms with E-state index in [4.69, 9.17) is 0 Å². The first-order valence-corrected chi connectivity index (χ1v) is 16.2. The highest BCUT2D eigenvalue weighted by Crippen LogP contribution is 2.52. The van der Waals surface area contributed by atoms with Crippen molar-refractivity contribution >= 4 is 55.2 Å². The Kier molecular flexibility index (Phi) is 5.46. The molecule has 0 amide bonds. The highest BCUT2D eigenvalue weighted by Gasteiger charge is 2.37. The molecule has 0 bridgehead atoms. The van der Waals surface area contributed by atoms with Crippen molar-refractivity contribution in [2.45, 2.75) is 39.5 Å². The third-order valence-electron chi connectivity index (χ3n) is 10.5. The number of hydrogen-bond acceptors (Lipinski definition) is 0. The summed E-state index contributed by atoms with van der Waals surface area (Å²) < 4.78 is 0. The minimum absolute atomic E-state index is 0.0184. The van der Waals surface area contributed by atoms with E-state index in [1.165, 1.54) is 87.6 Å². The summed E-state index contributed by atoms with van der Waals surface area (Å²) in [6.45, 7) is 9.47. The van der Waals surface area contributed by atoms with Gasteiger partial charge in [-0.3, -0.25) is 0 Å². The molecule has 0 aromatic heterocycles. The fourth-order valence-electron chi connectivity index (χ4n) is 8.11. The Morgan fingerprint density at radius 2 is 1.22 bits per heavy atom. The summed E-state index contributed by atoms with van der Waals surface area (Å²) in [5.41, 5.74) is 11.1. The maximum Gasteiger partial charge on any atom is 0.0157 e. The van der Waals surface area contributed by atoms with E-state index in [9.17, 15) is 0 Å². The van der Waals surface area contributed by atoms with Crippen molar-refractivity contribution in [3.05, 3.63) is 144 Å². The summed E-state index contributed by atoms with van der Waals surface area (Å²) in [4.78, 5) is 0. The fourth-order valence-corrected chi connectivity index (χ4v) is 8.11. The van der Waals surface area contributed by atoms with Crippen molar-refractivity contribution in [1.82, 2.24) is 0 Å². The number of benzene rings is 7. The van der Waals surface area contributed by atoms with E-state index in [0.29, 0.717) is 0 Å². The molecule has 216 valence electrons. The highest BCUT2D eigenvalue weighted by molar-refractivity contribution is 6.14. The van der Waals surface area contributed by atoms with Crippen molar-refractivity contribution in [3.8, 4) is 22.3 Å². The summed E-state index contributed by atoms with van der Waals surface area (Å²) in [6, 6.07) is 43.2. The van der Waals surface area contributed by atoms with E-state index in [1.54, 1.807) is 0 Å². The Labute approximate surface area is 265 Å². The fraction of sp³-hybridized carbons (Fsp3) is 0.156. The molecule has 0 heteroatoms. The predicted octanol–water partition coefficient (Wildman–Crippen LogP) is 12.8. The molecule has 0 nitrogen and oxygen atoms in total. The van der Waals surface area contributed by atoms with Crippen LogP contribution in [0.1, 0.15) is 50.8 Å². The SMILES string of the molecule is CC(C)(C)C1=Cc2ccc3c(-c4ccc5cc(-c6cc7ccccc7c7ccccc67)ccc5c4)ccc4c3c2C(C)(C=C4)C1. The normalized spacial score (nSPS) is 17.4. The van der Waals surface area contributed by atoms with Crippen LogP contribution in [0, 0.1) is 5.41 Å². The molecule has 0 N–H and O–H groups in total. The van der Waals surface area contributed by atoms with Gasteiger partial charge in [-0.1, -0.05) is 149 Å². The molecule has 0 fully saturated rings. The summed E-state index contributed by atoms with van der Waals surface area (Å²) in [6.07, 6.45) is 8.37. The van der Waals surface area contributed by atoms with Crippen LogP contribution in [0.15, 0.2) is 127 Å². The number of fused-ring (bicyclic) bond motifs is 4. The molecule has 45 heavy (non-hydrogen) atoms. The van der Waals surface area contributed by atoms with E-state index >= 15 is 0 Å².